The summed E-state index contributed by atoms with van der Waals surface area (Å²) in [7, 11) is -3.50. The van der Waals surface area contributed by atoms with Crippen molar-refractivity contribution in [2.75, 3.05) is 39.4 Å². The topological polar surface area (TPSA) is 66.9 Å². The Bertz CT molecular complexity index is 610. The van der Waals surface area contributed by atoms with Gasteiger partial charge in [-0.3, -0.25) is 4.79 Å². The van der Waals surface area contributed by atoms with Crippen molar-refractivity contribution in [2.24, 2.45) is 0 Å². The first-order valence-electron chi connectivity index (χ1n) is 7.06. The molecule has 122 valence electrons. The molecule has 6 nitrogen and oxygen atoms in total. The number of hydrogen-bond acceptors (Lipinski definition) is 4. The zero-order valence-corrected chi connectivity index (χ0v) is 14.8. The highest BCUT2D eigenvalue weighted by molar-refractivity contribution is 9.10. The second-order valence-corrected chi connectivity index (χ2v) is 7.73. The van der Waals surface area contributed by atoms with Crippen LogP contribution < -0.4 is 0 Å². The van der Waals surface area contributed by atoms with Gasteiger partial charge in [0, 0.05) is 37.3 Å². The summed E-state index contributed by atoms with van der Waals surface area (Å²) in [6.07, 6.45) is 0. The van der Waals surface area contributed by atoms with E-state index in [1.807, 2.05) is 6.92 Å². The highest BCUT2D eigenvalue weighted by atomic mass is 79.9. The van der Waals surface area contributed by atoms with Gasteiger partial charge in [-0.25, -0.2) is 8.42 Å². The molecule has 1 aromatic carbocycles. The van der Waals surface area contributed by atoms with Gasteiger partial charge in [0.05, 0.1) is 4.90 Å². The number of ether oxygens (including phenoxy) is 1. The molecule has 22 heavy (non-hydrogen) atoms. The van der Waals surface area contributed by atoms with E-state index in [1.54, 1.807) is 29.2 Å². The van der Waals surface area contributed by atoms with Crippen molar-refractivity contribution in [3.63, 3.8) is 0 Å². The number of benzene rings is 1. The molecule has 1 saturated heterocycles. The van der Waals surface area contributed by atoms with Gasteiger partial charge < -0.3 is 9.64 Å². The van der Waals surface area contributed by atoms with Crippen LogP contribution in [0.4, 0.5) is 0 Å². The molecule has 1 aromatic rings. The third-order valence-electron chi connectivity index (χ3n) is 3.47. The average Bonchev–Trinajstić information content (AvgIpc) is 2.53. The van der Waals surface area contributed by atoms with Crippen molar-refractivity contribution < 1.29 is 17.9 Å². The summed E-state index contributed by atoms with van der Waals surface area (Å²) >= 11 is 3.29. The molecule has 0 N–H and O–H groups in total. The Kier molecular flexibility index (Phi) is 5.96. The molecule has 1 aliphatic heterocycles. The minimum absolute atomic E-state index is 0.0515. The lowest BCUT2D eigenvalue weighted by Gasteiger charge is -2.34. The molecule has 1 amide bonds. The number of hydrogen-bond donors (Lipinski definition) is 0. The molecule has 0 spiro atoms. The first kappa shape index (κ1) is 17.4. The molecular weight excluding hydrogens is 372 g/mol. The average molecular weight is 391 g/mol. The fourth-order valence-electron chi connectivity index (χ4n) is 2.21. The van der Waals surface area contributed by atoms with Crippen LogP contribution in [0.25, 0.3) is 0 Å². The minimum Gasteiger partial charge on any atom is -0.372 e. The lowest BCUT2D eigenvalue weighted by Crippen LogP contribution is -2.51. The Hall–Kier alpha value is -0.960. The predicted molar refractivity (Wildman–Crippen MR) is 86.0 cm³/mol. The predicted octanol–water partition coefficient (Wildman–Crippen LogP) is 1.32. The molecule has 0 saturated carbocycles. The molecule has 0 aliphatic carbocycles. The Morgan fingerprint density at radius 2 is 1.77 bits per heavy atom. The van der Waals surface area contributed by atoms with Gasteiger partial charge in [-0.05, 0) is 31.2 Å². The molecule has 0 unspecified atom stereocenters. The summed E-state index contributed by atoms with van der Waals surface area (Å²) < 4.78 is 32.4. The van der Waals surface area contributed by atoms with Gasteiger partial charge in [0.1, 0.15) is 6.61 Å². The van der Waals surface area contributed by atoms with Crippen molar-refractivity contribution in [3.05, 3.63) is 28.7 Å². The molecule has 0 bridgehead atoms. The molecule has 8 heteroatoms. The number of sulfonamides is 1. The Morgan fingerprint density at radius 3 is 2.32 bits per heavy atom. The second kappa shape index (κ2) is 7.54. The van der Waals surface area contributed by atoms with E-state index in [2.05, 4.69) is 15.9 Å². The van der Waals surface area contributed by atoms with Gasteiger partial charge in [-0.1, -0.05) is 15.9 Å². The highest BCUT2D eigenvalue weighted by Gasteiger charge is 2.29. The van der Waals surface area contributed by atoms with E-state index in [1.165, 1.54) is 4.31 Å². The van der Waals surface area contributed by atoms with E-state index in [0.717, 1.165) is 4.47 Å². The van der Waals surface area contributed by atoms with E-state index in [-0.39, 0.29) is 17.4 Å². The first-order chi connectivity index (χ1) is 10.4. The smallest absolute Gasteiger partial charge is 0.248 e. The number of halogens is 1. The van der Waals surface area contributed by atoms with Crippen LogP contribution in [0.1, 0.15) is 6.92 Å². The largest absolute Gasteiger partial charge is 0.372 e. The van der Waals surface area contributed by atoms with Crippen LogP contribution in [-0.4, -0.2) is 62.9 Å². The van der Waals surface area contributed by atoms with Crippen LogP contribution in [0.3, 0.4) is 0 Å². The van der Waals surface area contributed by atoms with Crippen molar-refractivity contribution in [1.29, 1.82) is 0 Å². The highest BCUT2D eigenvalue weighted by Crippen LogP contribution is 2.20. The van der Waals surface area contributed by atoms with Crippen LogP contribution in [0.5, 0.6) is 0 Å². The normalized spacial score (nSPS) is 16.7. The second-order valence-electron chi connectivity index (χ2n) is 4.88. The Labute approximate surface area is 139 Å². The maximum atomic E-state index is 12.5. The molecule has 1 heterocycles. The van der Waals surface area contributed by atoms with Crippen molar-refractivity contribution >= 4 is 31.9 Å². The van der Waals surface area contributed by atoms with E-state index >= 15 is 0 Å². The van der Waals surface area contributed by atoms with Gasteiger partial charge in [0.2, 0.25) is 15.9 Å². The molecular formula is C14H19BrN2O4S. The van der Waals surface area contributed by atoms with Crippen LogP contribution in [0.2, 0.25) is 0 Å². The van der Waals surface area contributed by atoms with E-state index in [0.29, 0.717) is 32.8 Å². The summed E-state index contributed by atoms with van der Waals surface area (Å²) in [4.78, 5) is 13.8. The van der Waals surface area contributed by atoms with Crippen molar-refractivity contribution in [3.8, 4) is 0 Å². The number of rotatable bonds is 5. The standard InChI is InChI=1S/C14H19BrN2O4S/c1-2-21-11-14(18)16-7-9-17(10-8-16)22(19,20)13-5-3-12(15)4-6-13/h3-6H,2,7-11H2,1H3. The van der Waals surface area contributed by atoms with Crippen LogP contribution in [0.15, 0.2) is 33.6 Å². The van der Waals surface area contributed by atoms with Gasteiger partial charge >= 0.3 is 0 Å². The third kappa shape index (κ3) is 4.07. The maximum absolute atomic E-state index is 12.5. The number of amides is 1. The lowest BCUT2D eigenvalue weighted by atomic mass is 10.3. The number of piperazine rings is 1. The van der Waals surface area contributed by atoms with Crippen LogP contribution >= 0.6 is 15.9 Å². The monoisotopic (exact) mass is 390 g/mol. The third-order valence-corrected chi connectivity index (χ3v) is 5.91. The molecule has 2 rings (SSSR count). The zero-order chi connectivity index (χ0) is 16.2. The van der Waals surface area contributed by atoms with Crippen LogP contribution in [0, 0.1) is 0 Å². The summed E-state index contributed by atoms with van der Waals surface area (Å²) in [6, 6.07) is 6.56. The van der Waals surface area contributed by atoms with Crippen molar-refractivity contribution in [2.45, 2.75) is 11.8 Å². The molecule has 0 atom stereocenters. The summed E-state index contributed by atoms with van der Waals surface area (Å²) in [5.74, 6) is -0.0949. The minimum atomic E-state index is -3.50. The summed E-state index contributed by atoms with van der Waals surface area (Å²) in [6.45, 7) is 3.76. The van der Waals surface area contributed by atoms with Gasteiger partial charge in [-0.15, -0.1) is 0 Å². The quantitative estimate of drug-likeness (QED) is 0.760. The van der Waals surface area contributed by atoms with E-state index in [4.69, 9.17) is 4.74 Å². The van der Waals surface area contributed by atoms with E-state index < -0.39 is 10.0 Å². The fourth-order valence-corrected chi connectivity index (χ4v) is 3.90. The SMILES string of the molecule is CCOCC(=O)N1CCN(S(=O)(=O)c2ccc(Br)cc2)CC1. The zero-order valence-electron chi connectivity index (χ0n) is 12.4. The molecule has 0 aromatic heterocycles. The Balaban J connectivity index is 1.98. The first-order valence-corrected chi connectivity index (χ1v) is 9.29. The summed E-state index contributed by atoms with van der Waals surface area (Å²) in [5, 5.41) is 0. The van der Waals surface area contributed by atoms with Crippen LogP contribution in [-0.2, 0) is 19.6 Å². The maximum Gasteiger partial charge on any atom is 0.248 e. The van der Waals surface area contributed by atoms with Gasteiger partial charge in [0.15, 0.2) is 0 Å². The molecule has 1 aliphatic rings. The van der Waals surface area contributed by atoms with Gasteiger partial charge in [0.25, 0.3) is 0 Å². The van der Waals surface area contributed by atoms with Gasteiger partial charge in [-0.2, -0.15) is 4.31 Å². The van der Waals surface area contributed by atoms with E-state index in [9.17, 15) is 13.2 Å². The van der Waals surface area contributed by atoms with Crippen molar-refractivity contribution in [1.82, 2.24) is 9.21 Å². The number of carbonyl (C=O) groups excluding carboxylic acids is 1. The number of nitrogens with zero attached hydrogens (tertiary/aromatic N) is 2. The lowest BCUT2D eigenvalue weighted by molar-refractivity contribution is -0.137. The molecule has 1 fully saturated rings. The number of carbonyl (C=O) groups is 1. The summed E-state index contributed by atoms with van der Waals surface area (Å²) in [5.41, 5.74) is 0. The Morgan fingerprint density at radius 1 is 1.18 bits per heavy atom. The fraction of sp³-hybridized carbons (Fsp3) is 0.500. The molecule has 0 radical (unpaired) electrons.